The Morgan fingerprint density at radius 3 is 2.63 bits per heavy atom. The molecule has 30 heavy (non-hydrogen) atoms. The summed E-state index contributed by atoms with van der Waals surface area (Å²) in [6.45, 7) is 6.74. The third-order valence-electron chi connectivity index (χ3n) is 5.04. The van der Waals surface area contributed by atoms with Crippen molar-refractivity contribution in [3.05, 3.63) is 52.5 Å². The summed E-state index contributed by atoms with van der Waals surface area (Å²) in [6.07, 6.45) is 0. The Labute approximate surface area is 185 Å². The van der Waals surface area contributed by atoms with Gasteiger partial charge in [-0.25, -0.2) is 0 Å². The van der Waals surface area contributed by atoms with Crippen molar-refractivity contribution in [1.82, 2.24) is 4.90 Å². The fourth-order valence-electron chi connectivity index (χ4n) is 3.28. The summed E-state index contributed by atoms with van der Waals surface area (Å²) >= 11 is 7.53. The highest BCUT2D eigenvalue weighted by molar-refractivity contribution is 8.00. The van der Waals surface area contributed by atoms with Gasteiger partial charge in [-0.1, -0.05) is 17.7 Å². The van der Waals surface area contributed by atoms with E-state index in [1.807, 2.05) is 26.8 Å². The number of carbonyl (C=O) groups excluding carboxylic acids is 3. The topological polar surface area (TPSA) is 69.7 Å². The summed E-state index contributed by atoms with van der Waals surface area (Å²) in [4.78, 5) is 42.1. The summed E-state index contributed by atoms with van der Waals surface area (Å²) in [5.74, 6) is -0.338. The molecule has 0 atom stereocenters. The Morgan fingerprint density at radius 1 is 1.20 bits per heavy atom. The number of rotatable bonds is 6. The Bertz CT molecular complexity index is 992. The highest BCUT2D eigenvalue weighted by atomic mass is 35.5. The molecule has 158 valence electrons. The third kappa shape index (κ3) is 4.63. The zero-order valence-electron chi connectivity index (χ0n) is 17.2. The molecule has 2 aromatic rings. The smallest absolute Gasteiger partial charge is 0.253 e. The van der Waals surface area contributed by atoms with E-state index in [0.29, 0.717) is 35.1 Å². The zero-order valence-corrected chi connectivity index (χ0v) is 18.8. The van der Waals surface area contributed by atoms with Crippen LogP contribution in [-0.2, 0) is 9.59 Å². The minimum absolute atomic E-state index is 0.0928. The molecule has 3 amide bonds. The normalized spacial score (nSPS) is 13.1. The second-order valence-corrected chi connectivity index (χ2v) is 8.31. The van der Waals surface area contributed by atoms with Crippen LogP contribution in [0.2, 0.25) is 5.02 Å². The monoisotopic (exact) mass is 445 g/mol. The van der Waals surface area contributed by atoms with Crippen molar-refractivity contribution in [3.63, 3.8) is 0 Å². The first-order valence-electron chi connectivity index (χ1n) is 9.77. The zero-order chi connectivity index (χ0) is 21.8. The number of carbonyl (C=O) groups is 3. The molecule has 8 heteroatoms. The van der Waals surface area contributed by atoms with Gasteiger partial charge in [-0.15, -0.1) is 11.8 Å². The van der Waals surface area contributed by atoms with Gasteiger partial charge in [0.15, 0.2) is 0 Å². The maximum atomic E-state index is 12.7. The van der Waals surface area contributed by atoms with E-state index in [1.165, 1.54) is 16.7 Å². The Hall–Kier alpha value is -2.51. The number of hydrogen-bond acceptors (Lipinski definition) is 4. The lowest BCUT2D eigenvalue weighted by Gasteiger charge is -2.29. The van der Waals surface area contributed by atoms with E-state index >= 15 is 0 Å². The molecular formula is C22H24ClN3O3S. The number of nitrogens with one attached hydrogen (secondary N) is 1. The van der Waals surface area contributed by atoms with Gasteiger partial charge in [-0.3, -0.25) is 14.4 Å². The molecule has 3 rings (SSSR count). The maximum absolute atomic E-state index is 12.7. The van der Waals surface area contributed by atoms with Gasteiger partial charge in [0, 0.05) is 34.3 Å². The fraction of sp³-hybridized carbons (Fsp3) is 0.318. The molecule has 0 radical (unpaired) electrons. The SMILES string of the molecule is CCN(CC)C(=O)c1ccc2c(c1)N(CC(=O)Nc1cccc(Cl)c1C)C(=O)CS2. The van der Waals surface area contributed by atoms with Gasteiger partial charge in [0.25, 0.3) is 5.91 Å². The first-order chi connectivity index (χ1) is 14.3. The minimum atomic E-state index is -0.327. The summed E-state index contributed by atoms with van der Waals surface area (Å²) in [5, 5.41) is 3.38. The van der Waals surface area contributed by atoms with Crippen molar-refractivity contribution in [2.24, 2.45) is 0 Å². The molecule has 0 unspecified atom stereocenters. The van der Waals surface area contributed by atoms with Crippen molar-refractivity contribution < 1.29 is 14.4 Å². The van der Waals surface area contributed by atoms with E-state index in [4.69, 9.17) is 11.6 Å². The van der Waals surface area contributed by atoms with Gasteiger partial charge < -0.3 is 15.1 Å². The van der Waals surface area contributed by atoms with Gasteiger partial charge in [0.1, 0.15) is 6.54 Å². The molecule has 2 aromatic carbocycles. The average Bonchev–Trinajstić information content (AvgIpc) is 2.74. The number of fused-ring (bicyclic) bond motifs is 1. The highest BCUT2D eigenvalue weighted by Gasteiger charge is 2.28. The van der Waals surface area contributed by atoms with Crippen LogP contribution in [0.1, 0.15) is 29.8 Å². The number of nitrogens with zero attached hydrogens (tertiary/aromatic N) is 2. The first kappa shape index (κ1) is 22.2. The second kappa shape index (κ2) is 9.53. The molecule has 1 aliphatic rings. The molecule has 1 aliphatic heterocycles. The number of amides is 3. The number of halogens is 1. The van der Waals surface area contributed by atoms with Gasteiger partial charge in [-0.05, 0) is 56.7 Å². The Balaban J connectivity index is 1.85. The van der Waals surface area contributed by atoms with E-state index in [-0.39, 0.29) is 30.0 Å². The third-order valence-corrected chi connectivity index (χ3v) is 6.50. The Morgan fingerprint density at radius 2 is 1.93 bits per heavy atom. The molecule has 0 saturated heterocycles. The Kier molecular flexibility index (Phi) is 7.05. The van der Waals surface area contributed by atoms with Crippen molar-refractivity contribution in [2.75, 3.05) is 35.6 Å². The molecular weight excluding hydrogens is 422 g/mol. The molecule has 0 aliphatic carbocycles. The van der Waals surface area contributed by atoms with Crippen molar-refractivity contribution >= 4 is 52.5 Å². The largest absolute Gasteiger partial charge is 0.339 e. The lowest BCUT2D eigenvalue weighted by molar-refractivity contribution is -0.120. The molecule has 0 saturated carbocycles. The quantitative estimate of drug-likeness (QED) is 0.723. The van der Waals surface area contributed by atoms with Gasteiger partial charge >= 0.3 is 0 Å². The number of thioether (sulfide) groups is 1. The standard InChI is InChI=1S/C22H24ClN3O3S/c1-4-25(5-2)22(29)15-9-10-19-18(11-15)26(21(28)13-30-19)12-20(27)24-17-8-6-7-16(23)14(17)3/h6-11H,4-5,12-13H2,1-3H3,(H,24,27). The van der Waals surface area contributed by atoms with Crippen LogP contribution >= 0.6 is 23.4 Å². The van der Waals surface area contributed by atoms with Crippen LogP contribution in [-0.4, -0.2) is 48.0 Å². The summed E-state index contributed by atoms with van der Waals surface area (Å²) in [7, 11) is 0. The van der Waals surface area contributed by atoms with Crippen LogP contribution in [0.3, 0.4) is 0 Å². The molecule has 0 spiro atoms. The molecule has 1 N–H and O–H groups in total. The van der Waals surface area contributed by atoms with Crippen molar-refractivity contribution in [2.45, 2.75) is 25.7 Å². The van der Waals surface area contributed by atoms with Crippen molar-refractivity contribution in [1.29, 1.82) is 0 Å². The lowest BCUT2D eigenvalue weighted by Crippen LogP contribution is -2.41. The van der Waals surface area contributed by atoms with Crippen molar-refractivity contribution in [3.8, 4) is 0 Å². The predicted molar refractivity (Wildman–Crippen MR) is 122 cm³/mol. The number of benzene rings is 2. The van der Waals surface area contributed by atoms with E-state index in [2.05, 4.69) is 5.32 Å². The van der Waals surface area contributed by atoms with Crippen LogP contribution in [0.5, 0.6) is 0 Å². The average molecular weight is 446 g/mol. The molecule has 6 nitrogen and oxygen atoms in total. The van der Waals surface area contributed by atoms with Crippen LogP contribution < -0.4 is 10.2 Å². The summed E-state index contributed by atoms with van der Waals surface area (Å²) < 4.78 is 0. The fourth-order valence-corrected chi connectivity index (χ4v) is 4.37. The van der Waals surface area contributed by atoms with Gasteiger partial charge in [0.2, 0.25) is 11.8 Å². The van der Waals surface area contributed by atoms with Gasteiger partial charge in [0.05, 0.1) is 11.4 Å². The molecule has 1 heterocycles. The van der Waals surface area contributed by atoms with Gasteiger partial charge in [-0.2, -0.15) is 0 Å². The molecule has 0 aromatic heterocycles. The molecule has 0 bridgehead atoms. The summed E-state index contributed by atoms with van der Waals surface area (Å²) in [5.41, 5.74) is 2.47. The van der Waals surface area contributed by atoms with Crippen LogP contribution in [0, 0.1) is 6.92 Å². The minimum Gasteiger partial charge on any atom is -0.339 e. The number of hydrogen-bond donors (Lipinski definition) is 1. The first-order valence-corrected chi connectivity index (χ1v) is 11.1. The van der Waals surface area contributed by atoms with E-state index in [9.17, 15) is 14.4 Å². The predicted octanol–water partition coefficient (Wildman–Crippen LogP) is 4.21. The maximum Gasteiger partial charge on any atom is 0.253 e. The lowest BCUT2D eigenvalue weighted by atomic mass is 10.1. The van der Waals surface area contributed by atoms with E-state index in [1.54, 1.807) is 35.2 Å². The van der Waals surface area contributed by atoms with E-state index in [0.717, 1.165) is 10.5 Å². The van der Waals surface area contributed by atoms with Crippen LogP contribution in [0.4, 0.5) is 11.4 Å². The van der Waals surface area contributed by atoms with Crippen LogP contribution in [0.25, 0.3) is 0 Å². The number of anilines is 2. The van der Waals surface area contributed by atoms with Crippen LogP contribution in [0.15, 0.2) is 41.3 Å². The van der Waals surface area contributed by atoms with E-state index < -0.39 is 0 Å². The summed E-state index contributed by atoms with van der Waals surface area (Å²) in [6, 6.07) is 10.6. The molecule has 0 fully saturated rings. The second-order valence-electron chi connectivity index (χ2n) is 6.89. The highest BCUT2D eigenvalue weighted by Crippen LogP contribution is 2.36.